The number of benzene rings is 4. The van der Waals surface area contributed by atoms with Gasteiger partial charge in [0.2, 0.25) is 0 Å². The maximum absolute atomic E-state index is 6.95. The molecule has 220 valence electrons. The lowest BCUT2D eigenvalue weighted by Crippen LogP contribution is -2.16. The summed E-state index contributed by atoms with van der Waals surface area (Å²) in [5.74, 6) is 0. The molecule has 0 atom stereocenters. The molecule has 0 radical (unpaired) electrons. The molecule has 4 aromatic carbocycles. The average Bonchev–Trinajstić information content (AvgIpc) is 3.10. The fourth-order valence-electron chi connectivity index (χ4n) is 5.53. The highest BCUT2D eigenvalue weighted by Gasteiger charge is 2.27. The second kappa shape index (κ2) is 11.7. The molecule has 5 rings (SSSR count). The summed E-state index contributed by atoms with van der Waals surface area (Å²) in [6.07, 6.45) is 0.505. The van der Waals surface area contributed by atoms with Gasteiger partial charge in [0.15, 0.2) is 0 Å². The minimum atomic E-state index is -1.74. The van der Waals surface area contributed by atoms with E-state index in [1.54, 1.807) is 0 Å². The topological polar surface area (TPSA) is 35.5 Å². The van der Waals surface area contributed by atoms with Gasteiger partial charge in [-0.25, -0.2) is 0 Å². The van der Waals surface area contributed by atoms with Crippen molar-refractivity contribution in [3.8, 4) is 0 Å². The van der Waals surface area contributed by atoms with Gasteiger partial charge in [0.1, 0.15) is 11.2 Å². The lowest BCUT2D eigenvalue weighted by atomic mass is 9.81. The molecule has 0 saturated heterocycles. The van der Waals surface area contributed by atoms with Crippen LogP contribution in [0.3, 0.4) is 0 Å². The first-order valence-electron chi connectivity index (χ1n) is 14.7. The Kier molecular flexibility index (Phi) is 8.52. The summed E-state index contributed by atoms with van der Waals surface area (Å²) < 4.78 is 20.7. The summed E-state index contributed by atoms with van der Waals surface area (Å²) >= 11 is 0. The molecule has 0 spiro atoms. The third kappa shape index (κ3) is 5.98. The van der Waals surface area contributed by atoms with Crippen LogP contribution >= 0.6 is 16.2 Å². The molecule has 0 fully saturated rings. The molecule has 42 heavy (non-hydrogen) atoms. The van der Waals surface area contributed by atoms with Crippen molar-refractivity contribution < 1.29 is 12.9 Å². The molecule has 0 bridgehead atoms. The molecule has 3 nitrogen and oxygen atoms in total. The first-order chi connectivity index (χ1) is 19.8. The molecule has 1 aromatic heterocycles. The highest BCUT2D eigenvalue weighted by atomic mass is 31.1. The van der Waals surface area contributed by atoms with Gasteiger partial charge in [-0.05, 0) is 79.3 Å². The maximum Gasteiger partial charge on any atom is 0.387 e. The van der Waals surface area contributed by atoms with Crippen molar-refractivity contribution >= 4 is 48.7 Å². The lowest BCUT2D eigenvalue weighted by molar-refractivity contribution is 0.432. The Balaban J connectivity index is 1.84. The van der Waals surface area contributed by atoms with Crippen molar-refractivity contribution in [3.63, 3.8) is 0 Å². The number of hydrogen-bond acceptors (Lipinski definition) is 3. The van der Waals surface area contributed by atoms with Crippen molar-refractivity contribution in [2.75, 3.05) is 6.35 Å². The van der Waals surface area contributed by atoms with Crippen molar-refractivity contribution in [2.45, 2.75) is 80.1 Å². The van der Waals surface area contributed by atoms with Gasteiger partial charge in [0.05, 0.1) is 6.35 Å². The molecule has 5 aromatic rings. The molecule has 0 aliphatic carbocycles. The van der Waals surface area contributed by atoms with E-state index in [1.165, 1.54) is 44.0 Å². The molecule has 0 unspecified atom stereocenters. The standard InChI is InChI=1S/C37H44O3P2/c1-24-21-30(36(5,6)7)34-32(26(24)3)33-27(4)25(2)22-31(37(8,9)10)35(33)40-42(39-34)38-23-41(28-17-13-11-14-18-28)29-19-15-12-16-20-29/h11-22H,23H2,1-10H3. The van der Waals surface area contributed by atoms with Crippen LogP contribution in [0.2, 0.25) is 0 Å². The van der Waals surface area contributed by atoms with E-state index in [0.29, 0.717) is 6.35 Å². The van der Waals surface area contributed by atoms with Gasteiger partial charge in [-0.15, -0.1) is 0 Å². The molecule has 0 amide bonds. The first-order valence-corrected chi connectivity index (χ1v) is 17.4. The average molecular weight is 599 g/mol. The molecular weight excluding hydrogens is 554 g/mol. The van der Waals surface area contributed by atoms with Crippen molar-refractivity contribution in [3.05, 3.63) is 106 Å². The summed E-state index contributed by atoms with van der Waals surface area (Å²) in [4.78, 5) is 0. The second-order valence-electron chi connectivity index (χ2n) is 13.4. The molecular formula is C37H44O3P2. The fraction of sp³-hybridized carbons (Fsp3) is 0.351. The fourth-order valence-corrected chi connectivity index (χ4v) is 8.85. The Labute approximate surface area is 253 Å². The number of rotatable bonds is 5. The van der Waals surface area contributed by atoms with Crippen LogP contribution in [0.25, 0.3) is 21.9 Å². The van der Waals surface area contributed by atoms with Gasteiger partial charge in [-0.2, -0.15) is 0 Å². The quantitative estimate of drug-likeness (QED) is 0.189. The first kappa shape index (κ1) is 30.6. The Morgan fingerprint density at radius 3 is 1.36 bits per heavy atom. The zero-order chi connectivity index (χ0) is 30.4. The van der Waals surface area contributed by atoms with Crippen LogP contribution in [0.15, 0.2) is 81.2 Å². The summed E-state index contributed by atoms with van der Waals surface area (Å²) in [6, 6.07) is 25.9. The SMILES string of the molecule is Cc1cc(C(C)(C)C)c2op(OCP(c3ccccc3)c3ccccc3)oc3c(C(C)(C)C)cc(C)c(C)c3c2c1C. The van der Waals surface area contributed by atoms with E-state index < -0.39 is 16.2 Å². The van der Waals surface area contributed by atoms with Crippen LogP contribution in [0.5, 0.6) is 0 Å². The van der Waals surface area contributed by atoms with Crippen molar-refractivity contribution in [2.24, 2.45) is 0 Å². The van der Waals surface area contributed by atoms with Gasteiger partial charge < -0.3 is 8.39 Å². The van der Waals surface area contributed by atoms with Crippen LogP contribution in [0.1, 0.15) is 74.9 Å². The molecule has 0 aliphatic heterocycles. The number of aryl methyl sites for hydroxylation is 4. The van der Waals surface area contributed by atoms with Crippen LogP contribution in [0.4, 0.5) is 0 Å². The normalized spacial score (nSPS) is 12.5. The Morgan fingerprint density at radius 1 is 0.619 bits per heavy atom. The minimum absolute atomic E-state index is 0.126. The van der Waals surface area contributed by atoms with E-state index in [2.05, 4.69) is 142 Å². The monoisotopic (exact) mass is 598 g/mol. The van der Waals surface area contributed by atoms with E-state index in [0.717, 1.165) is 21.9 Å². The zero-order valence-corrected chi connectivity index (χ0v) is 28.5. The highest BCUT2D eigenvalue weighted by molar-refractivity contribution is 7.73. The van der Waals surface area contributed by atoms with E-state index in [4.69, 9.17) is 12.9 Å². The summed E-state index contributed by atoms with van der Waals surface area (Å²) in [5, 5.41) is 4.83. The number of hydrogen-bond donors (Lipinski definition) is 0. The molecule has 0 N–H and O–H groups in total. The van der Waals surface area contributed by atoms with Gasteiger partial charge in [-0.1, -0.05) is 114 Å². The smallest absolute Gasteiger partial charge is 0.387 e. The van der Waals surface area contributed by atoms with Crippen LogP contribution in [-0.2, 0) is 10.8 Å². The van der Waals surface area contributed by atoms with Gasteiger partial charge in [0, 0.05) is 21.9 Å². The Hall–Kier alpha value is -2.83. The molecule has 5 heteroatoms. The van der Waals surface area contributed by atoms with E-state index in [9.17, 15) is 0 Å². The summed E-state index contributed by atoms with van der Waals surface area (Å²) in [5.41, 5.74) is 8.87. The Bertz CT molecular complexity index is 1650. The number of fused-ring (bicyclic) bond motifs is 3. The van der Waals surface area contributed by atoms with Crippen LogP contribution in [-0.4, -0.2) is 6.35 Å². The molecule has 1 heterocycles. The highest BCUT2D eigenvalue weighted by Crippen LogP contribution is 2.46. The van der Waals surface area contributed by atoms with Crippen molar-refractivity contribution in [1.29, 1.82) is 0 Å². The van der Waals surface area contributed by atoms with Crippen LogP contribution < -0.4 is 15.1 Å². The summed E-state index contributed by atoms with van der Waals surface area (Å²) in [7, 11) is -2.51. The maximum atomic E-state index is 6.95. The second-order valence-corrected chi connectivity index (χ2v) is 16.6. The van der Waals surface area contributed by atoms with E-state index in [1.807, 2.05) is 0 Å². The third-order valence-electron chi connectivity index (χ3n) is 8.22. The zero-order valence-electron chi connectivity index (χ0n) is 26.8. The van der Waals surface area contributed by atoms with Crippen molar-refractivity contribution in [1.82, 2.24) is 0 Å². The van der Waals surface area contributed by atoms with Gasteiger partial charge in [0.25, 0.3) is 0 Å². The Morgan fingerprint density at radius 2 is 1.00 bits per heavy atom. The molecule has 0 aliphatic rings. The third-order valence-corrected chi connectivity index (χ3v) is 11.7. The van der Waals surface area contributed by atoms with Gasteiger partial charge >= 0.3 is 8.24 Å². The van der Waals surface area contributed by atoms with Crippen LogP contribution in [0, 0.1) is 27.7 Å². The minimum Gasteiger partial charge on any atom is -0.399 e. The van der Waals surface area contributed by atoms with Gasteiger partial charge in [-0.3, -0.25) is 4.52 Å². The van der Waals surface area contributed by atoms with E-state index >= 15 is 0 Å². The largest absolute Gasteiger partial charge is 0.399 e. The predicted octanol–water partition coefficient (Wildman–Crippen LogP) is 10.6. The lowest BCUT2D eigenvalue weighted by Gasteiger charge is -2.23. The predicted molar refractivity (Wildman–Crippen MR) is 183 cm³/mol. The molecule has 0 saturated carbocycles. The van der Waals surface area contributed by atoms with E-state index in [-0.39, 0.29) is 10.8 Å². The summed E-state index contributed by atoms with van der Waals surface area (Å²) in [6.45, 7) is 22.4.